The number of halogens is 2. The number of rotatable bonds is 5. The van der Waals surface area contributed by atoms with Crippen LogP contribution >= 0.6 is 35.4 Å². The van der Waals surface area contributed by atoms with Crippen LogP contribution < -0.4 is 16.2 Å². The number of carbonyl (C=O) groups excluding carboxylic acids is 1. The third-order valence-electron chi connectivity index (χ3n) is 2.48. The van der Waals surface area contributed by atoms with Gasteiger partial charge in [0.1, 0.15) is 0 Å². The molecule has 0 aliphatic rings. The second-order valence-electron chi connectivity index (χ2n) is 4.42. The number of hydrogen-bond acceptors (Lipinski definition) is 3. The molecule has 1 amide bonds. The number of amides is 1. The van der Waals surface area contributed by atoms with E-state index in [2.05, 4.69) is 16.2 Å². The molecule has 0 saturated carbocycles. The van der Waals surface area contributed by atoms with Crippen LogP contribution in [0, 0.1) is 0 Å². The summed E-state index contributed by atoms with van der Waals surface area (Å²) in [4.78, 5) is 11.8. The molecule has 0 saturated heterocycles. The lowest BCUT2D eigenvalue weighted by Crippen LogP contribution is -2.50. The van der Waals surface area contributed by atoms with Crippen LogP contribution in [0.2, 0.25) is 10.0 Å². The van der Waals surface area contributed by atoms with Crippen LogP contribution in [0.5, 0.6) is 0 Å². The van der Waals surface area contributed by atoms with Gasteiger partial charge in [-0.1, -0.05) is 29.3 Å². The molecule has 116 valence electrons. The van der Waals surface area contributed by atoms with Gasteiger partial charge >= 0.3 is 0 Å². The molecule has 1 atom stereocenters. The summed E-state index contributed by atoms with van der Waals surface area (Å²) in [6, 6.07) is 5.03. The van der Waals surface area contributed by atoms with E-state index in [0.29, 0.717) is 27.3 Å². The molecule has 1 aromatic carbocycles. The van der Waals surface area contributed by atoms with Gasteiger partial charge in [0.15, 0.2) is 5.11 Å². The third kappa shape index (κ3) is 6.95. The van der Waals surface area contributed by atoms with Gasteiger partial charge in [-0.3, -0.25) is 15.6 Å². The summed E-state index contributed by atoms with van der Waals surface area (Å²) in [5.41, 5.74) is 5.80. The van der Waals surface area contributed by atoms with Crippen molar-refractivity contribution in [2.24, 2.45) is 0 Å². The van der Waals surface area contributed by atoms with Crippen molar-refractivity contribution in [2.75, 3.05) is 13.7 Å². The first-order valence-corrected chi connectivity index (χ1v) is 7.37. The number of carbonyl (C=O) groups is 1. The Kier molecular flexibility index (Phi) is 7.74. The maximum absolute atomic E-state index is 11.8. The van der Waals surface area contributed by atoms with E-state index in [1.165, 1.54) is 0 Å². The zero-order chi connectivity index (χ0) is 15.8. The Morgan fingerprint density at radius 2 is 2.10 bits per heavy atom. The predicted molar refractivity (Wildman–Crippen MR) is 88.5 cm³/mol. The number of ether oxygens (including phenoxy) is 1. The van der Waals surface area contributed by atoms with Crippen LogP contribution in [0.4, 0.5) is 0 Å². The Hall–Kier alpha value is -1.08. The highest BCUT2D eigenvalue weighted by Gasteiger charge is 2.08. The number of benzene rings is 1. The summed E-state index contributed by atoms with van der Waals surface area (Å²) < 4.78 is 4.97. The summed E-state index contributed by atoms with van der Waals surface area (Å²) in [6.07, 6.45) is 0.124. The highest BCUT2D eigenvalue weighted by atomic mass is 35.5. The first-order chi connectivity index (χ1) is 9.92. The van der Waals surface area contributed by atoms with E-state index in [9.17, 15) is 4.79 Å². The first kappa shape index (κ1) is 18.0. The van der Waals surface area contributed by atoms with E-state index in [1.54, 1.807) is 25.3 Å². The maximum atomic E-state index is 11.8. The van der Waals surface area contributed by atoms with Gasteiger partial charge in [0.05, 0.1) is 13.0 Å². The van der Waals surface area contributed by atoms with E-state index in [0.717, 1.165) is 0 Å². The van der Waals surface area contributed by atoms with E-state index in [4.69, 9.17) is 40.2 Å². The molecule has 0 bridgehead atoms. The molecular weight excluding hydrogens is 333 g/mol. The molecule has 0 spiro atoms. The molecule has 0 radical (unpaired) electrons. The Balaban J connectivity index is 2.38. The van der Waals surface area contributed by atoms with Crippen molar-refractivity contribution in [1.82, 2.24) is 16.2 Å². The normalized spacial score (nSPS) is 11.6. The fraction of sp³-hybridized carbons (Fsp3) is 0.385. The molecule has 1 aromatic rings. The van der Waals surface area contributed by atoms with E-state index >= 15 is 0 Å². The molecule has 1 rings (SSSR count). The van der Waals surface area contributed by atoms with Crippen LogP contribution in [-0.4, -0.2) is 30.8 Å². The zero-order valence-corrected chi connectivity index (χ0v) is 14.0. The van der Waals surface area contributed by atoms with Crippen LogP contribution in [0.15, 0.2) is 18.2 Å². The minimum absolute atomic E-state index is 0.0395. The highest BCUT2D eigenvalue weighted by molar-refractivity contribution is 7.80. The van der Waals surface area contributed by atoms with Crippen molar-refractivity contribution in [1.29, 1.82) is 0 Å². The van der Waals surface area contributed by atoms with E-state index < -0.39 is 0 Å². The summed E-state index contributed by atoms with van der Waals surface area (Å²) in [5.74, 6) is -0.261. The summed E-state index contributed by atoms with van der Waals surface area (Å²) in [7, 11) is 1.60. The predicted octanol–water partition coefficient (Wildman–Crippen LogP) is 2.07. The monoisotopic (exact) mass is 349 g/mol. The van der Waals surface area contributed by atoms with Gasteiger partial charge in [-0.05, 0) is 36.8 Å². The molecular formula is C13H17Cl2N3O2S. The molecule has 21 heavy (non-hydrogen) atoms. The van der Waals surface area contributed by atoms with Crippen LogP contribution in [-0.2, 0) is 16.0 Å². The Bertz CT molecular complexity index is 514. The molecule has 8 heteroatoms. The fourth-order valence-electron chi connectivity index (χ4n) is 1.56. The standard InChI is InChI=1S/C13H17Cl2N3O2S/c1-8(7-20-2)16-13(21)18-17-12(19)5-9-3-4-10(14)6-11(9)15/h3-4,6,8H,5,7H2,1-2H3,(H,17,19)(H2,16,18,21)/t8-/m1/s1. The maximum Gasteiger partial charge on any atom is 0.242 e. The van der Waals surface area contributed by atoms with Gasteiger partial charge in [-0.25, -0.2) is 0 Å². The smallest absolute Gasteiger partial charge is 0.242 e. The summed E-state index contributed by atoms with van der Waals surface area (Å²) in [5, 5.41) is 4.25. The van der Waals surface area contributed by atoms with Gasteiger partial charge in [0.25, 0.3) is 0 Å². The quantitative estimate of drug-likeness (QED) is 0.561. The van der Waals surface area contributed by atoms with Gasteiger partial charge in [0, 0.05) is 23.2 Å². The van der Waals surface area contributed by atoms with E-state index in [-0.39, 0.29) is 18.4 Å². The Morgan fingerprint density at radius 3 is 2.71 bits per heavy atom. The van der Waals surface area contributed by atoms with Crippen molar-refractivity contribution in [2.45, 2.75) is 19.4 Å². The first-order valence-electron chi connectivity index (χ1n) is 6.20. The molecule has 0 aliphatic heterocycles. The van der Waals surface area contributed by atoms with Crippen molar-refractivity contribution in [3.63, 3.8) is 0 Å². The lowest BCUT2D eigenvalue weighted by molar-refractivity contribution is -0.121. The molecule has 0 unspecified atom stereocenters. The van der Waals surface area contributed by atoms with Gasteiger partial charge < -0.3 is 10.1 Å². The van der Waals surface area contributed by atoms with Crippen molar-refractivity contribution < 1.29 is 9.53 Å². The largest absolute Gasteiger partial charge is 0.383 e. The lowest BCUT2D eigenvalue weighted by atomic mass is 10.1. The van der Waals surface area contributed by atoms with Crippen LogP contribution in [0.1, 0.15) is 12.5 Å². The molecule has 3 N–H and O–H groups in total. The van der Waals surface area contributed by atoms with E-state index in [1.807, 2.05) is 6.92 Å². The lowest BCUT2D eigenvalue weighted by Gasteiger charge is -2.16. The second kappa shape index (κ2) is 9.04. The van der Waals surface area contributed by atoms with Gasteiger partial charge in [0.2, 0.25) is 5.91 Å². The van der Waals surface area contributed by atoms with Crippen molar-refractivity contribution in [3.8, 4) is 0 Å². The minimum atomic E-state index is -0.261. The number of methoxy groups -OCH3 is 1. The number of nitrogens with one attached hydrogen (secondary N) is 3. The topological polar surface area (TPSA) is 62.4 Å². The molecule has 0 aromatic heterocycles. The Morgan fingerprint density at radius 1 is 1.38 bits per heavy atom. The van der Waals surface area contributed by atoms with Crippen molar-refractivity contribution in [3.05, 3.63) is 33.8 Å². The van der Waals surface area contributed by atoms with Crippen molar-refractivity contribution >= 4 is 46.4 Å². The van der Waals surface area contributed by atoms with Gasteiger partial charge in [-0.15, -0.1) is 0 Å². The van der Waals surface area contributed by atoms with Gasteiger partial charge in [-0.2, -0.15) is 0 Å². The molecule has 0 heterocycles. The van der Waals surface area contributed by atoms with Crippen LogP contribution in [0.3, 0.4) is 0 Å². The molecule has 0 aliphatic carbocycles. The van der Waals surface area contributed by atoms with Crippen LogP contribution in [0.25, 0.3) is 0 Å². The second-order valence-corrected chi connectivity index (χ2v) is 5.67. The third-order valence-corrected chi connectivity index (χ3v) is 3.28. The summed E-state index contributed by atoms with van der Waals surface area (Å²) >= 11 is 16.8. The average Bonchev–Trinajstić information content (AvgIpc) is 2.40. The molecule has 0 fully saturated rings. The summed E-state index contributed by atoms with van der Waals surface area (Å²) in [6.45, 7) is 2.42. The highest BCUT2D eigenvalue weighted by Crippen LogP contribution is 2.21. The molecule has 5 nitrogen and oxygen atoms in total. The Labute approximate surface area is 139 Å². The number of hydrogen-bond donors (Lipinski definition) is 3. The number of thiocarbonyl (C=S) groups is 1. The zero-order valence-electron chi connectivity index (χ0n) is 11.7. The number of hydrazine groups is 1. The fourth-order valence-corrected chi connectivity index (χ4v) is 2.29. The average molecular weight is 350 g/mol. The SMILES string of the molecule is COC[C@@H](C)NC(=S)NNC(=O)Cc1ccc(Cl)cc1Cl. The minimum Gasteiger partial charge on any atom is -0.383 e.